The molecule has 0 fully saturated rings. The first-order chi connectivity index (χ1) is 8.20. The first-order valence-electron chi connectivity index (χ1n) is 5.96. The molecule has 0 aliphatic rings. The minimum absolute atomic E-state index is 0.433. The van der Waals surface area contributed by atoms with Crippen molar-refractivity contribution in [2.75, 3.05) is 6.54 Å². The fourth-order valence-electron chi connectivity index (χ4n) is 1.65. The first kappa shape index (κ1) is 12.5. The van der Waals surface area contributed by atoms with E-state index in [0.717, 1.165) is 22.9 Å². The lowest BCUT2D eigenvalue weighted by molar-refractivity contribution is 0.484. The molecule has 0 saturated carbocycles. The number of thioether (sulfide) groups is 1. The summed E-state index contributed by atoms with van der Waals surface area (Å²) in [4.78, 5) is 4.46. The Kier molecular flexibility index (Phi) is 4.07. The van der Waals surface area contributed by atoms with Crippen molar-refractivity contribution in [2.45, 2.75) is 37.3 Å². The monoisotopic (exact) mass is 250 g/mol. The number of nitrogens with zero attached hydrogens (tertiary/aromatic N) is 1. The SMILES string of the molecule is CCNC(C)C(C)Sc1nc2ccccc2o1. The number of rotatable bonds is 5. The number of nitrogens with one attached hydrogen (secondary N) is 1. The van der Waals surface area contributed by atoms with Gasteiger partial charge in [0, 0.05) is 11.3 Å². The van der Waals surface area contributed by atoms with E-state index in [9.17, 15) is 0 Å². The molecule has 0 spiro atoms. The smallest absolute Gasteiger partial charge is 0.257 e. The van der Waals surface area contributed by atoms with Gasteiger partial charge >= 0.3 is 0 Å². The molecular formula is C13H18N2OS. The van der Waals surface area contributed by atoms with E-state index in [2.05, 4.69) is 31.1 Å². The van der Waals surface area contributed by atoms with E-state index in [4.69, 9.17) is 4.42 Å². The molecular weight excluding hydrogens is 232 g/mol. The highest BCUT2D eigenvalue weighted by molar-refractivity contribution is 7.99. The average molecular weight is 250 g/mol. The van der Waals surface area contributed by atoms with Crippen molar-refractivity contribution >= 4 is 22.9 Å². The van der Waals surface area contributed by atoms with Gasteiger partial charge in [-0.15, -0.1) is 0 Å². The van der Waals surface area contributed by atoms with E-state index in [-0.39, 0.29) is 0 Å². The average Bonchev–Trinajstić information content (AvgIpc) is 2.71. The normalized spacial score (nSPS) is 15.0. The van der Waals surface area contributed by atoms with Crippen LogP contribution < -0.4 is 5.32 Å². The molecule has 92 valence electrons. The first-order valence-corrected chi connectivity index (χ1v) is 6.84. The van der Waals surface area contributed by atoms with E-state index in [1.54, 1.807) is 11.8 Å². The third-order valence-corrected chi connectivity index (χ3v) is 3.95. The summed E-state index contributed by atoms with van der Waals surface area (Å²) < 4.78 is 5.69. The third kappa shape index (κ3) is 3.01. The van der Waals surface area contributed by atoms with Crippen molar-refractivity contribution in [1.82, 2.24) is 10.3 Å². The summed E-state index contributed by atoms with van der Waals surface area (Å²) in [6, 6.07) is 8.31. The van der Waals surface area contributed by atoms with Gasteiger partial charge in [0.15, 0.2) is 5.58 Å². The lowest BCUT2D eigenvalue weighted by atomic mass is 10.2. The summed E-state index contributed by atoms with van der Waals surface area (Å²) >= 11 is 1.68. The Morgan fingerprint density at radius 1 is 1.35 bits per heavy atom. The molecule has 2 rings (SSSR count). The third-order valence-electron chi connectivity index (χ3n) is 2.79. The topological polar surface area (TPSA) is 38.1 Å². The fourth-order valence-corrected chi connectivity index (χ4v) is 2.56. The Labute approximate surface area is 106 Å². The zero-order valence-electron chi connectivity index (χ0n) is 10.4. The maximum atomic E-state index is 5.69. The Hall–Kier alpha value is -1.00. The molecule has 2 atom stereocenters. The number of hydrogen-bond acceptors (Lipinski definition) is 4. The zero-order chi connectivity index (χ0) is 12.3. The van der Waals surface area contributed by atoms with Crippen LogP contribution in [-0.4, -0.2) is 22.8 Å². The summed E-state index contributed by atoms with van der Waals surface area (Å²) in [6.45, 7) is 7.48. The molecule has 1 heterocycles. The Morgan fingerprint density at radius 2 is 2.12 bits per heavy atom. The van der Waals surface area contributed by atoms with E-state index < -0.39 is 0 Å². The number of aromatic nitrogens is 1. The molecule has 0 aliphatic carbocycles. The van der Waals surface area contributed by atoms with Gasteiger partial charge < -0.3 is 9.73 Å². The standard InChI is InChI=1S/C13H18N2OS/c1-4-14-9(2)10(3)17-13-15-11-7-5-6-8-12(11)16-13/h5-10,14H,4H2,1-3H3. The molecule has 0 bridgehead atoms. The number of para-hydroxylation sites is 2. The van der Waals surface area contributed by atoms with Gasteiger partial charge in [0.25, 0.3) is 5.22 Å². The lowest BCUT2D eigenvalue weighted by Gasteiger charge is -2.18. The predicted octanol–water partition coefficient (Wildman–Crippen LogP) is 3.31. The van der Waals surface area contributed by atoms with Crippen LogP contribution in [0.5, 0.6) is 0 Å². The minimum Gasteiger partial charge on any atom is -0.431 e. The molecule has 3 nitrogen and oxygen atoms in total. The van der Waals surface area contributed by atoms with Gasteiger partial charge in [-0.25, -0.2) is 4.98 Å². The predicted molar refractivity (Wildman–Crippen MR) is 72.5 cm³/mol. The van der Waals surface area contributed by atoms with E-state index in [0.29, 0.717) is 11.3 Å². The van der Waals surface area contributed by atoms with Gasteiger partial charge in [-0.05, 0) is 25.6 Å². The Bertz CT molecular complexity index is 450. The van der Waals surface area contributed by atoms with Crippen LogP contribution in [0.2, 0.25) is 0 Å². The van der Waals surface area contributed by atoms with Crippen LogP contribution in [0.25, 0.3) is 11.1 Å². The maximum absolute atomic E-state index is 5.69. The van der Waals surface area contributed by atoms with Gasteiger partial charge in [-0.3, -0.25) is 0 Å². The van der Waals surface area contributed by atoms with Crippen molar-refractivity contribution in [3.63, 3.8) is 0 Å². The molecule has 17 heavy (non-hydrogen) atoms. The Balaban J connectivity index is 2.07. The molecule has 0 amide bonds. The van der Waals surface area contributed by atoms with Crippen molar-refractivity contribution in [2.24, 2.45) is 0 Å². The number of fused-ring (bicyclic) bond motifs is 1. The van der Waals surface area contributed by atoms with Crippen LogP contribution in [0.1, 0.15) is 20.8 Å². The van der Waals surface area contributed by atoms with Crippen LogP contribution in [0, 0.1) is 0 Å². The van der Waals surface area contributed by atoms with Crippen LogP contribution >= 0.6 is 11.8 Å². The molecule has 4 heteroatoms. The van der Waals surface area contributed by atoms with Crippen molar-refractivity contribution in [3.05, 3.63) is 24.3 Å². The lowest BCUT2D eigenvalue weighted by Crippen LogP contribution is -2.33. The number of oxazole rings is 1. The van der Waals surface area contributed by atoms with Crippen LogP contribution in [0.3, 0.4) is 0 Å². The minimum atomic E-state index is 0.433. The molecule has 1 aromatic carbocycles. The van der Waals surface area contributed by atoms with E-state index in [1.807, 2.05) is 24.3 Å². The Morgan fingerprint density at radius 3 is 2.82 bits per heavy atom. The van der Waals surface area contributed by atoms with Gasteiger partial charge in [-0.2, -0.15) is 0 Å². The summed E-state index contributed by atoms with van der Waals surface area (Å²) in [6.07, 6.45) is 0. The fraction of sp³-hybridized carbons (Fsp3) is 0.462. The second-order valence-corrected chi connectivity index (χ2v) is 5.45. The molecule has 1 aromatic heterocycles. The molecule has 0 aliphatic heterocycles. The maximum Gasteiger partial charge on any atom is 0.257 e. The van der Waals surface area contributed by atoms with Crippen LogP contribution in [-0.2, 0) is 0 Å². The zero-order valence-corrected chi connectivity index (χ0v) is 11.3. The quantitative estimate of drug-likeness (QED) is 0.826. The largest absolute Gasteiger partial charge is 0.431 e. The molecule has 0 saturated heterocycles. The van der Waals surface area contributed by atoms with Crippen molar-refractivity contribution in [3.8, 4) is 0 Å². The van der Waals surface area contributed by atoms with Gasteiger partial charge in [0.1, 0.15) is 5.52 Å². The van der Waals surface area contributed by atoms with Crippen LogP contribution in [0.15, 0.2) is 33.9 Å². The van der Waals surface area contributed by atoms with Crippen LogP contribution in [0.4, 0.5) is 0 Å². The molecule has 1 N–H and O–H groups in total. The van der Waals surface area contributed by atoms with E-state index >= 15 is 0 Å². The second kappa shape index (κ2) is 5.56. The van der Waals surface area contributed by atoms with Crippen molar-refractivity contribution in [1.29, 1.82) is 0 Å². The highest BCUT2D eigenvalue weighted by Gasteiger charge is 2.15. The van der Waals surface area contributed by atoms with Gasteiger partial charge in [-0.1, -0.05) is 37.7 Å². The highest BCUT2D eigenvalue weighted by atomic mass is 32.2. The summed E-state index contributed by atoms with van der Waals surface area (Å²) in [7, 11) is 0. The highest BCUT2D eigenvalue weighted by Crippen LogP contribution is 2.27. The molecule has 2 unspecified atom stereocenters. The number of hydrogen-bond donors (Lipinski definition) is 1. The molecule has 0 radical (unpaired) electrons. The second-order valence-electron chi connectivity index (χ2n) is 4.12. The number of benzene rings is 1. The summed E-state index contributed by atoms with van der Waals surface area (Å²) in [5.74, 6) is 0. The van der Waals surface area contributed by atoms with Gasteiger partial charge in [0.05, 0.1) is 0 Å². The van der Waals surface area contributed by atoms with Gasteiger partial charge in [0.2, 0.25) is 0 Å². The molecule has 2 aromatic rings. The van der Waals surface area contributed by atoms with E-state index in [1.165, 1.54) is 0 Å². The summed E-state index contributed by atoms with van der Waals surface area (Å²) in [5.41, 5.74) is 1.79. The van der Waals surface area contributed by atoms with Crippen molar-refractivity contribution < 1.29 is 4.42 Å². The summed E-state index contributed by atoms with van der Waals surface area (Å²) in [5, 5.41) is 4.60.